The Morgan fingerprint density at radius 1 is 1.24 bits per heavy atom. The summed E-state index contributed by atoms with van der Waals surface area (Å²) in [4.78, 5) is 17.6. The molecule has 0 saturated heterocycles. The van der Waals surface area contributed by atoms with Gasteiger partial charge in [-0.25, -0.2) is 0 Å². The summed E-state index contributed by atoms with van der Waals surface area (Å²) in [5.74, 6) is -0.210. The summed E-state index contributed by atoms with van der Waals surface area (Å²) in [5, 5.41) is 13.7. The van der Waals surface area contributed by atoms with Crippen molar-refractivity contribution in [2.24, 2.45) is 4.99 Å². The molecule has 3 aromatic rings. The van der Waals surface area contributed by atoms with Crippen molar-refractivity contribution in [3.8, 4) is 5.88 Å². The molecule has 29 heavy (non-hydrogen) atoms. The minimum absolute atomic E-state index is 0.00681. The highest BCUT2D eigenvalue weighted by molar-refractivity contribution is 7.73. The van der Waals surface area contributed by atoms with Crippen molar-refractivity contribution in [3.05, 3.63) is 74.6 Å². The Hall–Kier alpha value is -3.03. The molecule has 0 fully saturated rings. The van der Waals surface area contributed by atoms with Gasteiger partial charge in [0.05, 0.1) is 10.6 Å². The third-order valence-electron chi connectivity index (χ3n) is 4.76. The van der Waals surface area contributed by atoms with Gasteiger partial charge in [0.25, 0.3) is 0 Å². The first kappa shape index (κ1) is 19.3. The van der Waals surface area contributed by atoms with Crippen LogP contribution in [0.4, 0.5) is 5.69 Å². The average Bonchev–Trinajstić information content (AvgIpc) is 3.27. The van der Waals surface area contributed by atoms with Gasteiger partial charge in [-0.1, -0.05) is 48.5 Å². The van der Waals surface area contributed by atoms with Crippen LogP contribution in [-0.2, 0) is 11.3 Å². The fourth-order valence-electron chi connectivity index (χ4n) is 3.17. The molecule has 0 bridgehead atoms. The zero-order chi connectivity index (χ0) is 20.4. The number of benzene rings is 2. The number of thiazole rings is 1. The quantitative estimate of drug-likeness (QED) is 0.562. The lowest BCUT2D eigenvalue weighted by atomic mass is 10.1. The van der Waals surface area contributed by atoms with Gasteiger partial charge in [0, 0.05) is 23.9 Å². The minimum atomic E-state index is -0.626. The van der Waals surface area contributed by atoms with Gasteiger partial charge in [-0.2, -0.15) is 0 Å². The lowest BCUT2D eigenvalue weighted by molar-refractivity contribution is -0.124. The molecule has 1 aliphatic rings. The molecule has 0 saturated carbocycles. The Morgan fingerprint density at radius 2 is 1.97 bits per heavy atom. The van der Waals surface area contributed by atoms with Crippen LogP contribution in [0.2, 0.25) is 0 Å². The fourth-order valence-corrected chi connectivity index (χ4v) is 4.60. The molecule has 2 aromatic carbocycles. The van der Waals surface area contributed by atoms with Crippen molar-refractivity contribution < 1.29 is 9.90 Å². The van der Waals surface area contributed by atoms with Crippen LogP contribution in [0.25, 0.3) is 11.6 Å². The number of aliphatic imine (C=N–C) groups is 1. The van der Waals surface area contributed by atoms with Crippen LogP contribution in [-0.4, -0.2) is 21.8 Å². The number of aromatic hydroxyl groups is 1. The van der Waals surface area contributed by atoms with Gasteiger partial charge < -0.3 is 10.4 Å². The zero-order valence-electron chi connectivity index (χ0n) is 15.7. The lowest BCUT2D eigenvalue weighted by Crippen LogP contribution is -2.30. The Bertz CT molecular complexity index is 1180. The summed E-state index contributed by atoms with van der Waals surface area (Å²) in [5.41, 5.74) is 3.82. The van der Waals surface area contributed by atoms with Gasteiger partial charge in [-0.3, -0.25) is 14.4 Å². The molecule has 1 atom stereocenters. The predicted octanol–water partition coefficient (Wildman–Crippen LogP) is 5.12. The maximum Gasteiger partial charge on any atom is 0.243 e. The van der Waals surface area contributed by atoms with Crippen LogP contribution in [0.1, 0.15) is 29.0 Å². The summed E-state index contributed by atoms with van der Waals surface area (Å²) < 4.78 is 1.94. The van der Waals surface area contributed by atoms with E-state index in [9.17, 15) is 9.90 Å². The van der Waals surface area contributed by atoms with Gasteiger partial charge in [0.15, 0.2) is 3.95 Å². The minimum Gasteiger partial charge on any atom is -0.493 e. The number of para-hydroxylation sites is 1. The first-order chi connectivity index (χ1) is 14.0. The van der Waals surface area contributed by atoms with E-state index in [4.69, 9.17) is 12.2 Å². The first-order valence-corrected chi connectivity index (χ1v) is 10.4. The maximum absolute atomic E-state index is 12.6. The third-order valence-corrected chi connectivity index (χ3v) is 6.10. The van der Waals surface area contributed by atoms with Gasteiger partial charge in [0.1, 0.15) is 6.04 Å². The number of hydrogen-bond acceptors (Lipinski definition) is 5. The van der Waals surface area contributed by atoms with Crippen LogP contribution >= 0.6 is 23.6 Å². The Labute approximate surface area is 177 Å². The van der Waals surface area contributed by atoms with Crippen LogP contribution in [0.5, 0.6) is 5.88 Å². The largest absolute Gasteiger partial charge is 0.493 e. The summed E-state index contributed by atoms with van der Waals surface area (Å²) >= 11 is 6.70. The van der Waals surface area contributed by atoms with E-state index >= 15 is 0 Å². The maximum atomic E-state index is 12.6. The predicted molar refractivity (Wildman–Crippen MR) is 120 cm³/mol. The first-order valence-electron chi connectivity index (χ1n) is 9.15. The number of carbonyl (C=O) groups excluding carboxylic acids is 1. The molecule has 1 aromatic heterocycles. The molecule has 2 heterocycles. The Morgan fingerprint density at radius 3 is 2.76 bits per heavy atom. The highest BCUT2D eigenvalue weighted by Crippen LogP contribution is 2.36. The molecular formula is C22H19N3O2S2. The third kappa shape index (κ3) is 3.92. The van der Waals surface area contributed by atoms with Crippen molar-refractivity contribution in [2.75, 3.05) is 0 Å². The van der Waals surface area contributed by atoms with Crippen molar-refractivity contribution in [1.82, 2.24) is 9.88 Å². The molecule has 0 aliphatic carbocycles. The molecule has 1 aliphatic heterocycles. The van der Waals surface area contributed by atoms with Crippen molar-refractivity contribution in [1.29, 1.82) is 0 Å². The van der Waals surface area contributed by atoms with Crippen LogP contribution in [0.3, 0.4) is 0 Å². The molecular weight excluding hydrogens is 402 g/mol. The second kappa shape index (κ2) is 8.14. The van der Waals surface area contributed by atoms with Crippen LogP contribution < -0.4 is 5.32 Å². The number of nitrogens with one attached hydrogen (secondary N) is 1. The zero-order valence-corrected chi connectivity index (χ0v) is 17.3. The molecule has 146 valence electrons. The van der Waals surface area contributed by atoms with Crippen molar-refractivity contribution in [2.45, 2.75) is 19.5 Å². The molecule has 1 amide bonds. The van der Waals surface area contributed by atoms with Crippen molar-refractivity contribution >= 4 is 53.0 Å². The molecule has 2 N–H and O–H groups in total. The number of aromatic nitrogens is 1. The number of amides is 1. The van der Waals surface area contributed by atoms with E-state index in [1.54, 1.807) is 13.1 Å². The van der Waals surface area contributed by atoms with E-state index in [0.29, 0.717) is 15.4 Å². The second-order valence-corrected chi connectivity index (χ2v) is 8.36. The van der Waals surface area contributed by atoms with E-state index < -0.39 is 6.04 Å². The van der Waals surface area contributed by atoms with Gasteiger partial charge in [-0.05, 0) is 36.8 Å². The number of nitrogens with zero attached hydrogens (tertiary/aromatic N) is 2. The monoisotopic (exact) mass is 421 g/mol. The van der Waals surface area contributed by atoms with Gasteiger partial charge in [0.2, 0.25) is 11.8 Å². The highest BCUT2D eigenvalue weighted by atomic mass is 32.1. The lowest BCUT2D eigenvalue weighted by Gasteiger charge is -2.15. The Balaban J connectivity index is 1.56. The molecule has 0 spiro atoms. The topological polar surface area (TPSA) is 66.6 Å². The second-order valence-electron chi connectivity index (χ2n) is 6.68. The van der Waals surface area contributed by atoms with Crippen molar-refractivity contribution in [3.63, 3.8) is 0 Å². The number of hydrogen-bond donors (Lipinski definition) is 2. The van der Waals surface area contributed by atoms with E-state index in [0.717, 1.165) is 22.4 Å². The summed E-state index contributed by atoms with van der Waals surface area (Å²) in [7, 11) is 0. The SMILES string of the molecule is CC(C(=O)NCc1ccccc1)n1c(O)c(/C=C2\C=Nc3ccccc32)sc1=S. The molecule has 7 heteroatoms. The molecule has 4 rings (SSSR count). The van der Waals surface area contributed by atoms with E-state index in [2.05, 4.69) is 10.3 Å². The van der Waals surface area contributed by atoms with Gasteiger partial charge >= 0.3 is 0 Å². The van der Waals surface area contributed by atoms with Crippen LogP contribution in [0, 0.1) is 3.95 Å². The fraction of sp³-hybridized carbons (Fsp3) is 0.136. The summed E-state index contributed by atoms with van der Waals surface area (Å²) in [6, 6.07) is 16.9. The van der Waals surface area contributed by atoms with Gasteiger partial charge in [-0.15, -0.1) is 11.3 Å². The summed E-state index contributed by atoms with van der Waals surface area (Å²) in [6.45, 7) is 2.15. The molecule has 0 radical (unpaired) electrons. The average molecular weight is 422 g/mol. The van der Waals surface area contributed by atoms with Crippen LogP contribution in [0.15, 0.2) is 59.6 Å². The number of carbonyl (C=O) groups is 1. The molecule has 5 nitrogen and oxygen atoms in total. The standard InChI is InChI=1S/C22H19N3O2S2/c1-14(20(26)24-12-15-7-3-2-4-8-15)25-21(27)19(29-22(25)28)11-16-13-23-18-10-6-5-9-17(16)18/h2-11,13-14,27H,12H2,1H3,(H,24,26)/b16-11+. The number of allylic oxidation sites excluding steroid dienone is 1. The Kier molecular flexibility index (Phi) is 5.42. The van der Waals surface area contributed by atoms with E-state index in [1.165, 1.54) is 15.9 Å². The summed E-state index contributed by atoms with van der Waals surface area (Å²) in [6.07, 6.45) is 3.63. The highest BCUT2D eigenvalue weighted by Gasteiger charge is 2.22. The smallest absolute Gasteiger partial charge is 0.243 e. The number of rotatable bonds is 5. The molecule has 1 unspecified atom stereocenters. The van der Waals surface area contributed by atoms with E-state index in [1.807, 2.05) is 60.7 Å². The normalized spacial score (nSPS) is 14.7. The number of fused-ring (bicyclic) bond motifs is 1. The van der Waals surface area contributed by atoms with E-state index in [-0.39, 0.29) is 11.8 Å².